The van der Waals surface area contributed by atoms with Crippen LogP contribution in [-0.2, 0) is 28.0 Å². The molecule has 9 heteroatoms. The number of nitrogens with zero attached hydrogens (tertiary/aromatic N) is 1. The Morgan fingerprint density at radius 3 is 2.58 bits per heavy atom. The maximum atomic E-state index is 15.4. The molecule has 1 aromatic heterocycles. The topological polar surface area (TPSA) is 132 Å². The van der Waals surface area contributed by atoms with Crippen molar-refractivity contribution in [3.05, 3.63) is 82.3 Å². The van der Waals surface area contributed by atoms with Gasteiger partial charge in [-0.15, -0.1) is 0 Å². The van der Waals surface area contributed by atoms with Crippen molar-refractivity contribution in [3.8, 4) is 11.1 Å². The molecular formula is C31H31FN4O4. The van der Waals surface area contributed by atoms with E-state index in [1.807, 2.05) is 32.9 Å². The number of nitrogen functional groups attached to an aromatic ring is 1. The van der Waals surface area contributed by atoms with Gasteiger partial charge in [-0.25, -0.2) is 4.39 Å². The van der Waals surface area contributed by atoms with Crippen LogP contribution >= 0.6 is 0 Å². The average Bonchev–Trinajstić information content (AvgIpc) is 3.26. The van der Waals surface area contributed by atoms with Gasteiger partial charge in [-0.2, -0.15) is 0 Å². The largest absolute Gasteiger partial charge is 0.461 e. The van der Waals surface area contributed by atoms with Crippen molar-refractivity contribution in [2.24, 2.45) is 5.73 Å². The van der Waals surface area contributed by atoms with E-state index in [9.17, 15) is 14.4 Å². The van der Waals surface area contributed by atoms with Gasteiger partial charge in [0.05, 0.1) is 28.0 Å². The molecular weight excluding hydrogens is 511 g/mol. The van der Waals surface area contributed by atoms with Gasteiger partial charge >= 0.3 is 5.97 Å². The van der Waals surface area contributed by atoms with Gasteiger partial charge in [0.1, 0.15) is 12.4 Å². The molecule has 1 aliphatic heterocycles. The third kappa shape index (κ3) is 4.68. The minimum Gasteiger partial charge on any atom is -0.461 e. The standard InChI is InChI=1S/C31H31FN4O4/c1-16(37)40-15-23-20(18-11-21-25(33)14-35-28(21)22(12-18)29(34)38)6-5-7-26(23)36-9-8-17-10-19(31(2,3)4)13-24(32)27(17)30(36)39/h5-7,10-14,35H,8-9,15,33H2,1-4H3,(H2,34,38). The minimum absolute atomic E-state index is 0.0422. The second kappa shape index (κ2) is 9.82. The number of aromatic nitrogens is 1. The van der Waals surface area contributed by atoms with Crippen LogP contribution in [-0.4, -0.2) is 29.3 Å². The maximum Gasteiger partial charge on any atom is 0.302 e. The molecule has 8 nitrogen and oxygen atoms in total. The molecule has 0 unspecified atom stereocenters. The Morgan fingerprint density at radius 1 is 1.15 bits per heavy atom. The summed E-state index contributed by atoms with van der Waals surface area (Å²) in [6.45, 7) is 7.46. The summed E-state index contributed by atoms with van der Waals surface area (Å²) in [5.41, 5.74) is 16.5. The van der Waals surface area contributed by atoms with E-state index in [0.29, 0.717) is 57.5 Å². The van der Waals surface area contributed by atoms with Crippen LogP contribution in [0.25, 0.3) is 22.0 Å². The van der Waals surface area contributed by atoms with Gasteiger partial charge in [-0.3, -0.25) is 14.4 Å². The van der Waals surface area contributed by atoms with Crippen LogP contribution in [0.1, 0.15) is 65.1 Å². The number of hydrogen-bond acceptors (Lipinski definition) is 5. The van der Waals surface area contributed by atoms with Crippen LogP contribution < -0.4 is 16.4 Å². The number of H-pyrrole nitrogens is 1. The fourth-order valence-electron chi connectivity index (χ4n) is 5.26. The summed E-state index contributed by atoms with van der Waals surface area (Å²) in [6, 6.07) is 12.1. The second-order valence-electron chi connectivity index (χ2n) is 11.1. The molecule has 4 aromatic rings. The Bertz CT molecular complexity index is 1700. The lowest BCUT2D eigenvalue weighted by molar-refractivity contribution is -0.142. The number of nitrogens with one attached hydrogen (secondary N) is 1. The Labute approximate surface area is 231 Å². The van der Waals surface area contributed by atoms with Gasteiger partial charge in [0.2, 0.25) is 0 Å². The van der Waals surface area contributed by atoms with Crippen molar-refractivity contribution < 1.29 is 23.5 Å². The Morgan fingerprint density at radius 2 is 1.90 bits per heavy atom. The van der Waals surface area contributed by atoms with Gasteiger partial charge in [-0.1, -0.05) is 39.0 Å². The van der Waals surface area contributed by atoms with Crippen LogP contribution in [0.3, 0.4) is 0 Å². The van der Waals surface area contributed by atoms with E-state index >= 15 is 4.39 Å². The highest BCUT2D eigenvalue weighted by molar-refractivity contribution is 6.11. The summed E-state index contributed by atoms with van der Waals surface area (Å²) < 4.78 is 20.8. The number of ether oxygens (including phenoxy) is 1. The van der Waals surface area contributed by atoms with Crippen molar-refractivity contribution in [1.29, 1.82) is 0 Å². The molecule has 2 amide bonds. The number of aromatic amines is 1. The predicted molar refractivity (Wildman–Crippen MR) is 153 cm³/mol. The van der Waals surface area contributed by atoms with Crippen molar-refractivity contribution in [3.63, 3.8) is 0 Å². The molecule has 0 fully saturated rings. The van der Waals surface area contributed by atoms with Crippen molar-refractivity contribution in [2.75, 3.05) is 17.2 Å². The van der Waals surface area contributed by atoms with Crippen LogP contribution in [0, 0.1) is 5.82 Å². The Balaban J connectivity index is 1.66. The van der Waals surface area contributed by atoms with Crippen LogP contribution in [0.15, 0.2) is 48.7 Å². The molecule has 1 aliphatic rings. The number of carbonyl (C=O) groups excluding carboxylic acids is 3. The molecule has 0 bridgehead atoms. The molecule has 206 valence electrons. The highest BCUT2D eigenvalue weighted by Gasteiger charge is 2.32. The number of primary amides is 1. The third-order valence-corrected chi connectivity index (χ3v) is 7.36. The molecule has 5 rings (SSSR count). The van der Waals surface area contributed by atoms with Gasteiger partial charge in [0, 0.05) is 30.6 Å². The molecule has 0 saturated heterocycles. The first kappa shape index (κ1) is 26.9. The lowest BCUT2D eigenvalue weighted by Gasteiger charge is -2.32. The predicted octanol–water partition coefficient (Wildman–Crippen LogP) is 5.22. The number of anilines is 2. The molecule has 3 aromatic carbocycles. The lowest BCUT2D eigenvalue weighted by atomic mass is 9.83. The number of halogens is 1. The zero-order chi connectivity index (χ0) is 28.9. The van der Waals surface area contributed by atoms with Gasteiger partial charge < -0.3 is 26.1 Å². The number of amides is 2. The summed E-state index contributed by atoms with van der Waals surface area (Å²) in [4.78, 5) is 42.4. The highest BCUT2D eigenvalue weighted by atomic mass is 19.1. The van der Waals surface area contributed by atoms with E-state index in [2.05, 4.69) is 4.98 Å². The van der Waals surface area contributed by atoms with Gasteiger partial charge in [0.15, 0.2) is 0 Å². The van der Waals surface area contributed by atoms with E-state index in [0.717, 1.165) is 5.56 Å². The van der Waals surface area contributed by atoms with E-state index in [-0.39, 0.29) is 23.1 Å². The number of hydrogen-bond donors (Lipinski definition) is 3. The first-order chi connectivity index (χ1) is 18.9. The fourth-order valence-corrected chi connectivity index (χ4v) is 5.26. The zero-order valence-corrected chi connectivity index (χ0v) is 22.9. The average molecular weight is 543 g/mol. The molecule has 0 atom stereocenters. The fraction of sp³-hybridized carbons (Fsp3) is 0.258. The Hall–Kier alpha value is -4.66. The molecule has 0 spiro atoms. The van der Waals surface area contributed by atoms with Crippen LogP contribution in [0.2, 0.25) is 0 Å². The summed E-state index contributed by atoms with van der Waals surface area (Å²) in [6.07, 6.45) is 2.04. The normalized spacial score (nSPS) is 13.4. The SMILES string of the molecule is CC(=O)OCc1c(-c2cc(C(N)=O)c3[nH]cc(N)c3c2)cccc1N1CCc2cc(C(C)(C)C)cc(F)c2C1=O. The van der Waals surface area contributed by atoms with Gasteiger partial charge in [-0.05, 0) is 58.4 Å². The zero-order valence-electron chi connectivity index (χ0n) is 22.9. The van der Waals surface area contributed by atoms with Crippen molar-refractivity contribution in [2.45, 2.75) is 46.1 Å². The smallest absolute Gasteiger partial charge is 0.302 e. The van der Waals surface area contributed by atoms with Crippen LogP contribution in [0.5, 0.6) is 0 Å². The first-order valence-corrected chi connectivity index (χ1v) is 13.0. The van der Waals surface area contributed by atoms with Crippen molar-refractivity contribution in [1.82, 2.24) is 4.98 Å². The minimum atomic E-state index is -0.640. The quantitative estimate of drug-likeness (QED) is 0.298. The van der Waals surface area contributed by atoms with E-state index in [1.54, 1.807) is 30.5 Å². The number of carbonyl (C=O) groups is 3. The Kier molecular flexibility index (Phi) is 6.61. The van der Waals surface area contributed by atoms with E-state index in [4.69, 9.17) is 16.2 Å². The number of esters is 1. The number of benzene rings is 3. The first-order valence-electron chi connectivity index (χ1n) is 13.0. The highest BCUT2D eigenvalue weighted by Crippen LogP contribution is 2.38. The lowest BCUT2D eigenvalue weighted by Crippen LogP contribution is -2.39. The van der Waals surface area contributed by atoms with E-state index in [1.165, 1.54) is 17.9 Å². The molecule has 5 N–H and O–H groups in total. The summed E-state index contributed by atoms with van der Waals surface area (Å²) in [5.74, 6) is -2.17. The third-order valence-electron chi connectivity index (χ3n) is 7.36. The monoisotopic (exact) mass is 542 g/mol. The summed E-state index contributed by atoms with van der Waals surface area (Å²) in [7, 11) is 0. The summed E-state index contributed by atoms with van der Waals surface area (Å²) in [5, 5.41) is 0.606. The van der Waals surface area contributed by atoms with Gasteiger partial charge in [0.25, 0.3) is 11.8 Å². The summed E-state index contributed by atoms with van der Waals surface area (Å²) >= 11 is 0. The molecule has 0 aliphatic carbocycles. The maximum absolute atomic E-state index is 15.4. The van der Waals surface area contributed by atoms with Crippen molar-refractivity contribution >= 4 is 40.1 Å². The number of nitrogens with two attached hydrogens (primary N) is 2. The molecule has 40 heavy (non-hydrogen) atoms. The van der Waals surface area contributed by atoms with Crippen LogP contribution in [0.4, 0.5) is 15.8 Å². The number of fused-ring (bicyclic) bond motifs is 2. The molecule has 2 heterocycles. The van der Waals surface area contributed by atoms with E-state index < -0.39 is 23.6 Å². The number of rotatable bonds is 5. The molecule has 0 saturated carbocycles. The molecule has 0 radical (unpaired) electrons. The second-order valence-corrected chi connectivity index (χ2v) is 11.1.